The minimum atomic E-state index is -1.01. The molecule has 23 heavy (non-hydrogen) atoms. The summed E-state index contributed by atoms with van der Waals surface area (Å²) in [5, 5.41) is 17.4. The smallest absolute Gasteiger partial charge is 0.193 e. The highest BCUT2D eigenvalue weighted by atomic mass is 127. The minimum Gasteiger partial charge on any atom is -0.383 e. The molecule has 0 saturated heterocycles. The third-order valence-corrected chi connectivity index (χ3v) is 4.21. The molecule has 6 heteroatoms. The molecule has 0 saturated carbocycles. The van der Waals surface area contributed by atoms with Gasteiger partial charge < -0.3 is 16.2 Å². The molecule has 126 valence electrons. The van der Waals surface area contributed by atoms with Gasteiger partial charge in [0.05, 0.1) is 6.54 Å². The first kappa shape index (κ1) is 19.9. The number of aliphatic imine (C=N–C) groups is 1. The molecule has 0 radical (unpaired) electrons. The van der Waals surface area contributed by atoms with Gasteiger partial charge in [-0.3, -0.25) is 0 Å². The van der Waals surface area contributed by atoms with Crippen LogP contribution in [-0.2, 0) is 5.60 Å². The lowest BCUT2D eigenvalue weighted by molar-refractivity contribution is 0.0678. The summed E-state index contributed by atoms with van der Waals surface area (Å²) in [6.07, 6.45) is 0. The Balaban J connectivity index is 0.00000264. The molecule has 0 spiro atoms. The van der Waals surface area contributed by atoms with Gasteiger partial charge in [-0.15, -0.1) is 24.0 Å². The van der Waals surface area contributed by atoms with Crippen LogP contribution in [0, 0.1) is 0 Å². The number of guanidine groups is 1. The quantitative estimate of drug-likeness (QED) is 0.368. The Hall–Kier alpha value is -1.12. The topological polar surface area (TPSA) is 70.6 Å². The van der Waals surface area contributed by atoms with Gasteiger partial charge in [0.25, 0.3) is 0 Å². The van der Waals surface area contributed by atoms with E-state index in [0.717, 1.165) is 11.3 Å². The average Bonchev–Trinajstić information content (AvgIpc) is 3.00. The van der Waals surface area contributed by atoms with Crippen molar-refractivity contribution in [2.45, 2.75) is 32.3 Å². The number of benzene rings is 1. The summed E-state index contributed by atoms with van der Waals surface area (Å²) in [6, 6.07) is 9.99. The second-order valence-electron chi connectivity index (χ2n) is 5.89. The van der Waals surface area contributed by atoms with E-state index in [0.29, 0.717) is 11.9 Å². The largest absolute Gasteiger partial charge is 0.383 e. The molecule has 0 bridgehead atoms. The minimum absolute atomic E-state index is 0. The Kier molecular flexibility index (Phi) is 7.50. The number of rotatable bonds is 5. The number of hydrogen-bond acceptors (Lipinski definition) is 3. The van der Waals surface area contributed by atoms with Crippen LogP contribution in [-0.4, -0.2) is 17.6 Å². The van der Waals surface area contributed by atoms with E-state index < -0.39 is 5.60 Å². The van der Waals surface area contributed by atoms with Gasteiger partial charge in [0, 0.05) is 5.69 Å². The molecule has 1 aromatic heterocycles. The van der Waals surface area contributed by atoms with Crippen molar-refractivity contribution in [1.29, 1.82) is 0 Å². The first-order chi connectivity index (χ1) is 10.4. The van der Waals surface area contributed by atoms with Crippen LogP contribution in [0.3, 0.4) is 0 Å². The number of halogens is 1. The van der Waals surface area contributed by atoms with E-state index in [4.69, 9.17) is 5.73 Å². The van der Waals surface area contributed by atoms with Crippen LogP contribution in [0.2, 0.25) is 0 Å². The first-order valence-corrected chi connectivity index (χ1v) is 8.25. The van der Waals surface area contributed by atoms with Crippen molar-refractivity contribution >= 4 is 47.0 Å². The number of nitrogens with two attached hydrogens (primary N) is 1. The molecule has 2 aromatic rings. The highest BCUT2D eigenvalue weighted by molar-refractivity contribution is 14.0. The molecule has 0 aliphatic heterocycles. The highest BCUT2D eigenvalue weighted by Gasteiger charge is 2.23. The lowest BCUT2D eigenvalue weighted by atomic mass is 10.00. The number of aliphatic hydroxyl groups is 1. The van der Waals surface area contributed by atoms with E-state index in [1.54, 1.807) is 18.3 Å². The second kappa shape index (κ2) is 8.65. The van der Waals surface area contributed by atoms with Crippen molar-refractivity contribution in [1.82, 2.24) is 0 Å². The number of nitrogens with zero attached hydrogens (tertiary/aromatic N) is 1. The summed E-state index contributed by atoms with van der Waals surface area (Å²) >= 11 is 1.55. The van der Waals surface area contributed by atoms with E-state index in [1.165, 1.54) is 5.56 Å². The SMILES string of the molecule is CC(C)c1cccc(NC(N)=NCC(C)(O)c2ccsc2)c1.I. The zero-order chi connectivity index (χ0) is 16.2. The fourth-order valence-corrected chi connectivity index (χ4v) is 2.85. The van der Waals surface area contributed by atoms with Crippen molar-refractivity contribution in [3.05, 3.63) is 52.2 Å². The van der Waals surface area contributed by atoms with Gasteiger partial charge in [0.2, 0.25) is 0 Å². The van der Waals surface area contributed by atoms with E-state index in [1.807, 2.05) is 29.0 Å². The van der Waals surface area contributed by atoms with Crippen molar-refractivity contribution in [2.75, 3.05) is 11.9 Å². The summed E-state index contributed by atoms with van der Waals surface area (Å²) in [5.41, 5.74) is 7.92. The summed E-state index contributed by atoms with van der Waals surface area (Å²) in [7, 11) is 0. The van der Waals surface area contributed by atoms with Crippen molar-refractivity contribution in [3.63, 3.8) is 0 Å². The van der Waals surface area contributed by atoms with Gasteiger partial charge in [-0.1, -0.05) is 26.0 Å². The third kappa shape index (κ3) is 5.78. The summed E-state index contributed by atoms with van der Waals surface area (Å²) in [4.78, 5) is 4.26. The van der Waals surface area contributed by atoms with Gasteiger partial charge in [-0.25, -0.2) is 4.99 Å². The van der Waals surface area contributed by atoms with Gasteiger partial charge in [-0.2, -0.15) is 11.3 Å². The molecular weight excluding hydrogens is 421 g/mol. The van der Waals surface area contributed by atoms with Crippen molar-refractivity contribution in [2.24, 2.45) is 10.7 Å². The average molecular weight is 445 g/mol. The monoisotopic (exact) mass is 445 g/mol. The lowest BCUT2D eigenvalue weighted by Crippen LogP contribution is -2.29. The lowest BCUT2D eigenvalue weighted by Gasteiger charge is -2.20. The fraction of sp³-hybridized carbons (Fsp3) is 0.353. The summed E-state index contributed by atoms with van der Waals surface area (Å²) < 4.78 is 0. The normalized spacial score (nSPS) is 14.2. The predicted octanol–water partition coefficient (Wildman–Crippen LogP) is 4.12. The van der Waals surface area contributed by atoms with Crippen LogP contribution < -0.4 is 11.1 Å². The molecule has 1 unspecified atom stereocenters. The zero-order valence-corrected chi connectivity index (χ0v) is 16.8. The molecule has 0 fully saturated rings. The number of nitrogens with one attached hydrogen (secondary N) is 1. The Morgan fingerprint density at radius 3 is 2.74 bits per heavy atom. The van der Waals surface area contributed by atoms with Gasteiger partial charge in [-0.05, 0) is 52.9 Å². The third-order valence-electron chi connectivity index (χ3n) is 3.53. The summed E-state index contributed by atoms with van der Waals surface area (Å²) in [5.74, 6) is 0.760. The Morgan fingerprint density at radius 1 is 1.39 bits per heavy atom. The molecule has 0 aliphatic rings. The molecule has 1 aromatic carbocycles. The summed E-state index contributed by atoms with van der Waals surface area (Å²) in [6.45, 7) is 6.25. The van der Waals surface area contributed by atoms with Crippen molar-refractivity contribution in [3.8, 4) is 0 Å². The van der Waals surface area contributed by atoms with Crippen LogP contribution >= 0.6 is 35.3 Å². The molecule has 4 nitrogen and oxygen atoms in total. The predicted molar refractivity (Wildman–Crippen MR) is 110 cm³/mol. The Bertz CT molecular complexity index is 639. The molecule has 0 aliphatic carbocycles. The molecule has 4 N–H and O–H groups in total. The maximum Gasteiger partial charge on any atom is 0.193 e. The second-order valence-corrected chi connectivity index (χ2v) is 6.67. The fourth-order valence-electron chi connectivity index (χ4n) is 2.06. The number of hydrogen-bond donors (Lipinski definition) is 3. The maximum absolute atomic E-state index is 10.4. The van der Waals surface area contributed by atoms with Gasteiger partial charge in [0.15, 0.2) is 5.96 Å². The van der Waals surface area contributed by atoms with E-state index >= 15 is 0 Å². The van der Waals surface area contributed by atoms with Gasteiger partial charge in [0.1, 0.15) is 5.60 Å². The van der Waals surface area contributed by atoms with Crippen LogP contribution in [0.5, 0.6) is 0 Å². The van der Waals surface area contributed by atoms with Crippen LogP contribution in [0.4, 0.5) is 5.69 Å². The van der Waals surface area contributed by atoms with Crippen LogP contribution in [0.15, 0.2) is 46.1 Å². The van der Waals surface area contributed by atoms with Crippen LogP contribution in [0.25, 0.3) is 0 Å². The zero-order valence-electron chi connectivity index (χ0n) is 13.6. The molecule has 2 rings (SSSR count). The molecule has 1 atom stereocenters. The maximum atomic E-state index is 10.4. The van der Waals surface area contributed by atoms with E-state index in [9.17, 15) is 5.11 Å². The number of thiophene rings is 1. The van der Waals surface area contributed by atoms with Crippen molar-refractivity contribution < 1.29 is 5.11 Å². The van der Waals surface area contributed by atoms with E-state index in [2.05, 4.69) is 36.3 Å². The highest BCUT2D eigenvalue weighted by Crippen LogP contribution is 2.23. The Labute approximate surface area is 158 Å². The molecule has 1 heterocycles. The molecular formula is C17H24IN3OS. The molecule has 0 amide bonds. The standard InChI is InChI=1S/C17H23N3OS.HI/c1-12(2)13-5-4-6-15(9-13)20-16(18)19-11-17(3,21)14-7-8-22-10-14;/h4-10,12,21H,11H2,1-3H3,(H3,18,19,20);1H. The first-order valence-electron chi connectivity index (χ1n) is 7.30. The van der Waals surface area contributed by atoms with E-state index in [-0.39, 0.29) is 30.5 Å². The Morgan fingerprint density at radius 2 is 2.13 bits per heavy atom. The van der Waals surface area contributed by atoms with Crippen LogP contribution in [0.1, 0.15) is 37.8 Å². The van der Waals surface area contributed by atoms with Gasteiger partial charge >= 0.3 is 0 Å². The number of anilines is 1.